The summed E-state index contributed by atoms with van der Waals surface area (Å²) in [6.07, 6.45) is 3.34. The quantitative estimate of drug-likeness (QED) is 0.417. The van der Waals surface area contributed by atoms with E-state index >= 15 is 0 Å². The molecule has 0 radical (unpaired) electrons. The molecule has 0 aromatic heterocycles. The van der Waals surface area contributed by atoms with Crippen molar-refractivity contribution in [1.82, 2.24) is 10.6 Å². The van der Waals surface area contributed by atoms with Gasteiger partial charge in [-0.2, -0.15) is 0 Å². The second-order valence-electron chi connectivity index (χ2n) is 9.47. The smallest absolute Gasteiger partial charge is 0.223 e. The Morgan fingerprint density at radius 1 is 1.11 bits per heavy atom. The topological polar surface area (TPSA) is 70.6 Å². The summed E-state index contributed by atoms with van der Waals surface area (Å²) in [6.45, 7) is 5.51. The fourth-order valence-corrected chi connectivity index (χ4v) is 4.67. The van der Waals surface area contributed by atoms with Gasteiger partial charge in [0.1, 0.15) is 11.6 Å². The molecule has 3 rings (SSSR count). The molecular weight excluding hydrogens is 450 g/mol. The highest BCUT2D eigenvalue weighted by molar-refractivity contribution is 5.79. The average Bonchev–Trinajstić information content (AvgIpc) is 2.83. The van der Waals surface area contributed by atoms with Crippen LogP contribution in [0.15, 0.2) is 42.5 Å². The minimum Gasteiger partial charge on any atom is -0.390 e. The zero-order valence-electron chi connectivity index (χ0n) is 20.7. The molecule has 2 aromatic rings. The van der Waals surface area contributed by atoms with Crippen LogP contribution in [0.3, 0.4) is 0 Å². The van der Waals surface area contributed by atoms with E-state index in [4.69, 9.17) is 4.74 Å². The zero-order valence-corrected chi connectivity index (χ0v) is 20.7. The van der Waals surface area contributed by atoms with Crippen molar-refractivity contribution in [3.05, 3.63) is 70.8 Å². The van der Waals surface area contributed by atoms with Crippen molar-refractivity contribution in [2.75, 3.05) is 13.2 Å². The summed E-state index contributed by atoms with van der Waals surface area (Å²) < 4.78 is 33.3. The van der Waals surface area contributed by atoms with Crippen LogP contribution in [0.25, 0.3) is 0 Å². The van der Waals surface area contributed by atoms with Crippen LogP contribution in [0.2, 0.25) is 0 Å². The summed E-state index contributed by atoms with van der Waals surface area (Å²) in [7, 11) is 0. The number of aliphatic hydroxyl groups is 1. The molecule has 35 heavy (non-hydrogen) atoms. The molecule has 3 N–H and O–H groups in total. The molecule has 1 fully saturated rings. The summed E-state index contributed by atoms with van der Waals surface area (Å²) in [6, 6.07) is 10.8. The van der Waals surface area contributed by atoms with Crippen molar-refractivity contribution in [3.63, 3.8) is 0 Å². The Balaban J connectivity index is 1.65. The van der Waals surface area contributed by atoms with Gasteiger partial charge in [0.05, 0.1) is 18.2 Å². The number of amides is 1. The van der Waals surface area contributed by atoms with Gasteiger partial charge in [-0.1, -0.05) is 44.5 Å². The summed E-state index contributed by atoms with van der Waals surface area (Å²) in [5.41, 5.74) is 2.73. The van der Waals surface area contributed by atoms with E-state index in [-0.39, 0.29) is 30.9 Å². The number of halogens is 2. The third-order valence-corrected chi connectivity index (χ3v) is 6.60. The van der Waals surface area contributed by atoms with E-state index in [0.717, 1.165) is 30.9 Å². The molecule has 7 heteroatoms. The second-order valence-corrected chi connectivity index (χ2v) is 9.47. The third kappa shape index (κ3) is 8.67. The average molecular weight is 489 g/mol. The lowest BCUT2D eigenvalue weighted by Gasteiger charge is -2.31. The van der Waals surface area contributed by atoms with Gasteiger partial charge in [-0.3, -0.25) is 4.79 Å². The first-order chi connectivity index (χ1) is 16.9. The van der Waals surface area contributed by atoms with Crippen LogP contribution in [0.4, 0.5) is 8.78 Å². The maximum absolute atomic E-state index is 13.8. The first kappa shape index (κ1) is 27.2. The van der Waals surface area contributed by atoms with Gasteiger partial charge in [0.2, 0.25) is 5.91 Å². The maximum Gasteiger partial charge on any atom is 0.223 e. The van der Waals surface area contributed by atoms with Gasteiger partial charge in [-0.15, -0.1) is 0 Å². The fourth-order valence-electron chi connectivity index (χ4n) is 4.67. The lowest BCUT2D eigenvalue weighted by molar-refractivity contribution is -0.131. The highest BCUT2D eigenvalue weighted by atomic mass is 19.1. The molecule has 1 amide bonds. The van der Waals surface area contributed by atoms with Gasteiger partial charge in [0.15, 0.2) is 0 Å². The molecule has 5 nitrogen and oxygen atoms in total. The molecule has 0 bridgehead atoms. The molecule has 1 aliphatic heterocycles. The Bertz CT molecular complexity index is 933. The van der Waals surface area contributed by atoms with E-state index < -0.39 is 23.8 Å². The van der Waals surface area contributed by atoms with E-state index in [1.807, 2.05) is 12.1 Å². The Kier molecular flexibility index (Phi) is 10.6. The summed E-state index contributed by atoms with van der Waals surface area (Å²) in [4.78, 5) is 13.1. The van der Waals surface area contributed by atoms with Gasteiger partial charge in [0.25, 0.3) is 0 Å². The summed E-state index contributed by atoms with van der Waals surface area (Å²) in [5.74, 6) is -1.71. The third-order valence-electron chi connectivity index (χ3n) is 6.60. The van der Waals surface area contributed by atoms with Gasteiger partial charge < -0.3 is 20.5 Å². The van der Waals surface area contributed by atoms with Crippen molar-refractivity contribution in [1.29, 1.82) is 0 Å². The Morgan fingerprint density at radius 3 is 2.57 bits per heavy atom. The first-order valence-corrected chi connectivity index (χ1v) is 12.7. The highest BCUT2D eigenvalue weighted by Crippen LogP contribution is 2.24. The van der Waals surface area contributed by atoms with E-state index in [9.17, 15) is 18.7 Å². The number of hydrogen-bond donors (Lipinski definition) is 3. The molecule has 0 saturated carbocycles. The minimum absolute atomic E-state index is 0.0609. The molecule has 2 aromatic carbocycles. The van der Waals surface area contributed by atoms with Crippen LogP contribution in [0.5, 0.6) is 0 Å². The van der Waals surface area contributed by atoms with Gasteiger partial charge in [-0.05, 0) is 60.9 Å². The van der Waals surface area contributed by atoms with Crippen molar-refractivity contribution < 1.29 is 23.4 Å². The van der Waals surface area contributed by atoms with Crippen LogP contribution in [-0.2, 0) is 28.9 Å². The second kappa shape index (κ2) is 13.7. The molecule has 4 atom stereocenters. The van der Waals surface area contributed by atoms with Crippen molar-refractivity contribution in [3.8, 4) is 0 Å². The first-order valence-electron chi connectivity index (χ1n) is 12.7. The van der Waals surface area contributed by atoms with Crippen molar-refractivity contribution in [2.24, 2.45) is 5.92 Å². The van der Waals surface area contributed by atoms with Gasteiger partial charge >= 0.3 is 0 Å². The number of hydrogen-bond acceptors (Lipinski definition) is 4. The van der Waals surface area contributed by atoms with E-state index in [2.05, 4.69) is 36.6 Å². The Hall–Kier alpha value is -2.35. The van der Waals surface area contributed by atoms with E-state index in [1.54, 1.807) is 0 Å². The lowest BCUT2D eigenvalue weighted by atomic mass is 9.91. The number of rotatable bonds is 12. The maximum atomic E-state index is 13.8. The zero-order chi connectivity index (χ0) is 25.2. The molecule has 192 valence electrons. The molecule has 1 heterocycles. The fraction of sp³-hybridized carbons (Fsp3) is 0.536. The molecule has 1 saturated heterocycles. The SMILES string of the molecule is CCCC1CC(C(=O)N[C@@H](Cc2cc(F)cc(F)c2)[C@H](O)CNCc2cccc(CC)c2)CCO1. The predicted molar refractivity (Wildman–Crippen MR) is 133 cm³/mol. The molecule has 0 spiro atoms. The van der Waals surface area contributed by atoms with Crippen LogP contribution >= 0.6 is 0 Å². The normalized spacial score (nSPS) is 19.8. The predicted octanol–water partition coefficient (Wildman–Crippen LogP) is 4.30. The number of ether oxygens (including phenoxy) is 1. The number of nitrogens with one attached hydrogen (secondary N) is 2. The molecule has 2 unspecified atom stereocenters. The summed E-state index contributed by atoms with van der Waals surface area (Å²) in [5, 5.41) is 17.2. The number of benzene rings is 2. The monoisotopic (exact) mass is 488 g/mol. The van der Waals surface area contributed by atoms with Crippen LogP contribution in [-0.4, -0.2) is 42.4 Å². The standard InChI is InChI=1S/C28H38F2N2O3/c1-3-6-25-15-22(9-10-35-25)28(34)32-26(14-21-12-23(29)16-24(30)13-21)27(33)18-31-17-20-8-5-7-19(4-2)11-20/h5,7-8,11-13,16,22,25-27,31,33H,3-4,6,9-10,14-15,17-18H2,1-2H3,(H,32,34)/t22?,25?,26-,27+/m0/s1. The Labute approximate surface area is 207 Å². The van der Waals surface area contributed by atoms with Crippen molar-refractivity contribution in [2.45, 2.75) is 77.2 Å². The largest absolute Gasteiger partial charge is 0.390 e. The molecular formula is C28H38F2N2O3. The number of aliphatic hydroxyl groups excluding tert-OH is 1. The van der Waals surface area contributed by atoms with Crippen molar-refractivity contribution >= 4 is 5.91 Å². The summed E-state index contributed by atoms with van der Waals surface area (Å²) >= 11 is 0. The lowest BCUT2D eigenvalue weighted by Crippen LogP contribution is -2.51. The Morgan fingerprint density at radius 2 is 1.86 bits per heavy atom. The number of carbonyl (C=O) groups excluding carboxylic acids is 1. The molecule has 0 aliphatic carbocycles. The highest BCUT2D eigenvalue weighted by Gasteiger charge is 2.30. The van der Waals surface area contributed by atoms with Crippen LogP contribution < -0.4 is 10.6 Å². The van der Waals surface area contributed by atoms with Crippen LogP contribution in [0, 0.1) is 17.6 Å². The van der Waals surface area contributed by atoms with Crippen LogP contribution in [0.1, 0.15) is 56.2 Å². The number of aryl methyl sites for hydroxylation is 1. The van der Waals surface area contributed by atoms with E-state index in [0.29, 0.717) is 31.6 Å². The molecule has 1 aliphatic rings. The van der Waals surface area contributed by atoms with E-state index in [1.165, 1.54) is 17.7 Å². The van der Waals surface area contributed by atoms with Gasteiger partial charge in [0, 0.05) is 31.7 Å². The number of carbonyl (C=O) groups is 1. The van der Waals surface area contributed by atoms with Gasteiger partial charge in [-0.25, -0.2) is 8.78 Å². The minimum atomic E-state index is -0.939.